The quantitative estimate of drug-likeness (QED) is 0.153. The highest BCUT2D eigenvalue weighted by Gasteiger charge is 2.30. The number of benzene rings is 3. The number of halogens is 1. The van der Waals surface area contributed by atoms with Crippen LogP contribution in [0, 0.1) is 0 Å². The zero-order chi connectivity index (χ0) is 31.3. The van der Waals surface area contributed by atoms with Crippen LogP contribution in [-0.4, -0.2) is 46.4 Å². The largest absolute Gasteiger partial charge is 0.353 e. The summed E-state index contributed by atoms with van der Waals surface area (Å²) in [5.41, 5.74) is 6.53. The van der Waals surface area contributed by atoms with Crippen molar-refractivity contribution in [2.45, 2.75) is 47.6 Å². The molecule has 230 valence electrons. The summed E-state index contributed by atoms with van der Waals surface area (Å²) in [4.78, 5) is 24.2. The average molecular weight is 659 g/mol. The third-order valence-electron chi connectivity index (χ3n) is 6.69. The fourth-order valence-corrected chi connectivity index (χ4v) is 7.20. The number of anilines is 3. The number of fused-ring (bicyclic) bond motifs is 1. The van der Waals surface area contributed by atoms with Gasteiger partial charge in [-0.2, -0.15) is 5.11 Å². The van der Waals surface area contributed by atoms with E-state index in [0.717, 1.165) is 24.6 Å². The summed E-state index contributed by atoms with van der Waals surface area (Å²) in [5, 5.41) is 14.4. The van der Waals surface area contributed by atoms with Crippen molar-refractivity contribution in [3.63, 3.8) is 0 Å². The van der Waals surface area contributed by atoms with Gasteiger partial charge in [0.2, 0.25) is 11.8 Å². The Morgan fingerprint density at radius 3 is 2.25 bits per heavy atom. The van der Waals surface area contributed by atoms with Gasteiger partial charge < -0.3 is 5.32 Å². The van der Waals surface area contributed by atoms with Crippen LogP contribution in [0.1, 0.15) is 25.7 Å². The first-order chi connectivity index (χ1) is 21.0. The Labute approximate surface area is 258 Å². The van der Waals surface area contributed by atoms with Crippen LogP contribution in [0.3, 0.4) is 0 Å². The number of nitrogens with zero attached hydrogens (tertiary/aromatic N) is 3. The average Bonchev–Trinajstić information content (AvgIpc) is 3.46. The molecule has 1 heterocycles. The number of hydrogen-bond donors (Lipinski definition) is 5. The number of carbonyl (C=O) groups is 2. The van der Waals surface area contributed by atoms with Gasteiger partial charge in [-0.05, 0) is 72.7 Å². The molecule has 0 saturated heterocycles. The molecule has 2 aliphatic rings. The van der Waals surface area contributed by atoms with Gasteiger partial charge in [-0.25, -0.2) is 16.8 Å². The third-order valence-corrected chi connectivity index (χ3v) is 9.95. The summed E-state index contributed by atoms with van der Waals surface area (Å²) in [6, 6.07) is 17.1. The number of rotatable bonds is 11. The maximum Gasteiger partial charge on any atom is 0.263 e. The Hall–Kier alpha value is -4.54. The van der Waals surface area contributed by atoms with Crippen LogP contribution >= 0.6 is 11.6 Å². The van der Waals surface area contributed by atoms with E-state index in [2.05, 4.69) is 41.1 Å². The van der Waals surface area contributed by atoms with Gasteiger partial charge in [0, 0.05) is 18.2 Å². The zero-order valence-corrected chi connectivity index (χ0v) is 25.3. The summed E-state index contributed by atoms with van der Waals surface area (Å²) in [6.07, 6.45) is 1.61. The van der Waals surface area contributed by atoms with Gasteiger partial charge >= 0.3 is 0 Å². The number of carbonyl (C=O) groups excluding carboxylic acids is 2. The van der Waals surface area contributed by atoms with E-state index in [-0.39, 0.29) is 38.3 Å². The van der Waals surface area contributed by atoms with Crippen LogP contribution in [0.15, 0.2) is 98.0 Å². The molecular formula is C27H27ClN8O6S2. The van der Waals surface area contributed by atoms with E-state index in [1.807, 2.05) is 0 Å². The highest BCUT2D eigenvalue weighted by atomic mass is 35.5. The summed E-state index contributed by atoms with van der Waals surface area (Å²) in [5.74, 6) is -0.998. The van der Waals surface area contributed by atoms with E-state index < -0.39 is 38.3 Å². The van der Waals surface area contributed by atoms with Crippen LogP contribution in [0.4, 0.5) is 17.1 Å². The predicted molar refractivity (Wildman–Crippen MR) is 164 cm³/mol. The SMILES string of the molecule is O=C(CC(=O)NC1CCC2N=NN=C2C1)NNc1ccc(NS(=O)(=O)c2cc(NS(=O)(=O)c3ccccc3)ccc2Cl)cc1. The first-order valence-corrected chi connectivity index (χ1v) is 16.6. The molecule has 17 heteroatoms. The molecule has 0 aromatic heterocycles. The number of amides is 2. The van der Waals surface area contributed by atoms with Crippen molar-refractivity contribution in [3.8, 4) is 0 Å². The van der Waals surface area contributed by atoms with Crippen molar-refractivity contribution in [2.75, 3.05) is 14.9 Å². The molecule has 2 atom stereocenters. The number of hydrazine groups is 1. The van der Waals surface area contributed by atoms with Crippen LogP contribution < -0.4 is 25.6 Å². The number of nitrogens with one attached hydrogen (secondary N) is 5. The van der Waals surface area contributed by atoms with Crippen LogP contribution in [0.5, 0.6) is 0 Å². The van der Waals surface area contributed by atoms with Gasteiger partial charge in [-0.1, -0.05) is 29.8 Å². The van der Waals surface area contributed by atoms with E-state index in [1.165, 1.54) is 48.5 Å². The van der Waals surface area contributed by atoms with E-state index in [9.17, 15) is 26.4 Å². The second-order valence-electron chi connectivity index (χ2n) is 9.95. The normalized spacial score (nSPS) is 17.6. The van der Waals surface area contributed by atoms with Crippen LogP contribution in [0.25, 0.3) is 0 Å². The lowest BCUT2D eigenvalue weighted by atomic mass is 9.90. The smallest absolute Gasteiger partial charge is 0.263 e. The topological polar surface area (TPSA) is 200 Å². The first-order valence-electron chi connectivity index (χ1n) is 13.3. The van der Waals surface area contributed by atoms with Gasteiger partial charge in [-0.3, -0.25) is 29.9 Å². The lowest BCUT2D eigenvalue weighted by molar-refractivity contribution is -0.129. The molecule has 0 radical (unpaired) electrons. The molecule has 3 aromatic rings. The Morgan fingerprint density at radius 1 is 0.818 bits per heavy atom. The molecule has 1 aliphatic heterocycles. The Kier molecular flexibility index (Phi) is 9.12. The van der Waals surface area contributed by atoms with Crippen molar-refractivity contribution in [2.24, 2.45) is 15.4 Å². The molecule has 1 aliphatic carbocycles. The molecule has 3 aromatic carbocycles. The van der Waals surface area contributed by atoms with Crippen molar-refractivity contribution in [3.05, 3.63) is 77.8 Å². The molecule has 1 saturated carbocycles. The van der Waals surface area contributed by atoms with Crippen LogP contribution in [-0.2, 0) is 29.6 Å². The van der Waals surface area contributed by atoms with E-state index in [0.29, 0.717) is 12.1 Å². The number of sulfonamides is 2. The first kappa shape index (κ1) is 30.9. The maximum atomic E-state index is 13.1. The molecule has 2 unspecified atom stereocenters. The third kappa shape index (κ3) is 7.69. The molecule has 1 fully saturated rings. The summed E-state index contributed by atoms with van der Waals surface area (Å²) >= 11 is 6.16. The zero-order valence-electron chi connectivity index (χ0n) is 22.9. The Bertz CT molecular complexity index is 1840. The lowest BCUT2D eigenvalue weighted by Crippen LogP contribution is -2.43. The van der Waals surface area contributed by atoms with Gasteiger partial charge in [0.25, 0.3) is 20.0 Å². The second-order valence-corrected chi connectivity index (χ2v) is 13.7. The van der Waals surface area contributed by atoms with Gasteiger partial charge in [0.15, 0.2) is 0 Å². The monoisotopic (exact) mass is 658 g/mol. The molecule has 2 amide bonds. The standard InChI is InChI=1S/C27H27ClN8O6S2/c28-22-12-10-20(35-43(39,40)21-4-2-1-3-5-21)15-25(22)44(41,42)34-18-8-6-17(7-9-18)30-33-27(38)16-26(37)29-19-11-13-23-24(14-19)32-36-31-23/h1-10,12,15,19,23,30,34-35H,11,13-14,16H2,(H,29,37)(H,33,38). The Morgan fingerprint density at radius 2 is 1.50 bits per heavy atom. The van der Waals surface area contributed by atoms with Crippen molar-refractivity contribution < 1.29 is 26.4 Å². The summed E-state index contributed by atoms with van der Waals surface area (Å²) in [6.45, 7) is 0. The summed E-state index contributed by atoms with van der Waals surface area (Å²) < 4.78 is 56.3. The second kappa shape index (κ2) is 13.0. The van der Waals surface area contributed by atoms with Crippen molar-refractivity contribution in [1.29, 1.82) is 0 Å². The van der Waals surface area contributed by atoms with Crippen molar-refractivity contribution >= 4 is 66.2 Å². The fourth-order valence-electron chi connectivity index (χ4n) is 4.55. The lowest BCUT2D eigenvalue weighted by Gasteiger charge is -2.25. The minimum atomic E-state index is -4.23. The molecular weight excluding hydrogens is 632 g/mol. The highest BCUT2D eigenvalue weighted by Crippen LogP contribution is 2.29. The van der Waals surface area contributed by atoms with Crippen molar-refractivity contribution in [1.82, 2.24) is 10.7 Å². The van der Waals surface area contributed by atoms with Gasteiger partial charge in [0.05, 0.1) is 27.0 Å². The minimum Gasteiger partial charge on any atom is -0.353 e. The minimum absolute atomic E-state index is 0.00468. The highest BCUT2D eigenvalue weighted by molar-refractivity contribution is 7.93. The van der Waals surface area contributed by atoms with E-state index in [1.54, 1.807) is 18.2 Å². The molecule has 44 heavy (non-hydrogen) atoms. The maximum absolute atomic E-state index is 13.1. The fraction of sp³-hybridized carbons (Fsp3) is 0.222. The number of hydrogen-bond acceptors (Lipinski definition) is 10. The van der Waals surface area contributed by atoms with E-state index in [4.69, 9.17) is 11.6 Å². The Balaban J connectivity index is 1.13. The molecule has 5 N–H and O–H groups in total. The van der Waals surface area contributed by atoms with Crippen LogP contribution in [0.2, 0.25) is 5.02 Å². The van der Waals surface area contributed by atoms with Gasteiger partial charge in [0.1, 0.15) is 17.4 Å². The van der Waals surface area contributed by atoms with E-state index >= 15 is 0 Å². The molecule has 5 rings (SSSR count). The molecule has 0 bridgehead atoms. The summed E-state index contributed by atoms with van der Waals surface area (Å²) in [7, 11) is -8.18. The molecule has 14 nitrogen and oxygen atoms in total. The van der Waals surface area contributed by atoms with Gasteiger partial charge in [-0.15, -0.1) is 5.10 Å². The molecule has 0 spiro atoms. The predicted octanol–water partition coefficient (Wildman–Crippen LogP) is 3.63.